The lowest BCUT2D eigenvalue weighted by atomic mass is 9.84. The van der Waals surface area contributed by atoms with E-state index in [-0.39, 0.29) is 11.7 Å². The highest BCUT2D eigenvalue weighted by Gasteiger charge is 2.33. The average molecular weight is 214 g/mol. The van der Waals surface area contributed by atoms with Crippen LogP contribution in [-0.2, 0) is 19.1 Å². The van der Waals surface area contributed by atoms with Gasteiger partial charge in [-0.15, -0.1) is 0 Å². The lowest BCUT2D eigenvalue weighted by Crippen LogP contribution is -2.38. The van der Waals surface area contributed by atoms with E-state index < -0.39 is 12.1 Å². The molecule has 1 unspecified atom stereocenters. The number of ketones is 1. The molecular formula is C11H18O4. The molecule has 0 heterocycles. The summed E-state index contributed by atoms with van der Waals surface area (Å²) in [5.41, 5.74) is 0. The maximum atomic E-state index is 11.9. The van der Waals surface area contributed by atoms with Crippen LogP contribution in [0, 0.1) is 5.92 Å². The fourth-order valence-corrected chi connectivity index (χ4v) is 2.04. The molecule has 0 bridgehead atoms. The van der Waals surface area contributed by atoms with Crippen molar-refractivity contribution in [1.82, 2.24) is 0 Å². The van der Waals surface area contributed by atoms with Gasteiger partial charge in [-0.1, -0.05) is 19.3 Å². The molecule has 0 aromatic carbocycles. The van der Waals surface area contributed by atoms with Crippen molar-refractivity contribution in [2.45, 2.75) is 38.2 Å². The van der Waals surface area contributed by atoms with Gasteiger partial charge in [-0.05, 0) is 12.8 Å². The third-order valence-corrected chi connectivity index (χ3v) is 2.92. The van der Waals surface area contributed by atoms with E-state index in [0.29, 0.717) is 0 Å². The molecule has 1 aliphatic rings. The summed E-state index contributed by atoms with van der Waals surface area (Å²) in [7, 11) is 2.63. The van der Waals surface area contributed by atoms with Crippen molar-refractivity contribution in [2.75, 3.05) is 14.2 Å². The maximum absolute atomic E-state index is 11.9. The molecule has 1 rings (SSSR count). The molecule has 0 radical (unpaired) electrons. The average Bonchev–Trinajstić information content (AvgIpc) is 2.30. The van der Waals surface area contributed by atoms with Crippen LogP contribution in [0.15, 0.2) is 0 Å². The molecule has 4 heteroatoms. The van der Waals surface area contributed by atoms with E-state index in [1.807, 2.05) is 0 Å². The number of hydrogen-bond donors (Lipinski definition) is 0. The number of rotatable bonds is 4. The minimum atomic E-state index is -1.03. The van der Waals surface area contributed by atoms with Gasteiger partial charge in [0, 0.05) is 13.0 Å². The largest absolute Gasteiger partial charge is 0.467 e. The summed E-state index contributed by atoms with van der Waals surface area (Å²) >= 11 is 0. The maximum Gasteiger partial charge on any atom is 0.342 e. The summed E-state index contributed by atoms with van der Waals surface area (Å²) in [6, 6.07) is 0. The minimum Gasteiger partial charge on any atom is -0.467 e. The molecule has 0 saturated heterocycles. The van der Waals surface area contributed by atoms with Gasteiger partial charge in [0.1, 0.15) is 0 Å². The first kappa shape index (κ1) is 12.2. The molecule has 4 nitrogen and oxygen atoms in total. The van der Waals surface area contributed by atoms with Crippen molar-refractivity contribution in [3.63, 3.8) is 0 Å². The SMILES string of the molecule is COC(=O)C(OC)C(=O)C1CCCCC1. The Labute approximate surface area is 89.9 Å². The highest BCUT2D eigenvalue weighted by atomic mass is 16.6. The molecule has 0 aromatic heterocycles. The zero-order valence-corrected chi connectivity index (χ0v) is 9.32. The Bertz CT molecular complexity index is 231. The predicted octanol–water partition coefficient (Wildman–Crippen LogP) is 1.32. The highest BCUT2D eigenvalue weighted by Crippen LogP contribution is 2.25. The summed E-state index contributed by atoms with van der Waals surface area (Å²) in [5, 5.41) is 0. The Morgan fingerprint density at radius 1 is 1.13 bits per heavy atom. The van der Waals surface area contributed by atoms with E-state index in [0.717, 1.165) is 25.7 Å². The molecule has 1 aliphatic carbocycles. The van der Waals surface area contributed by atoms with Crippen LogP contribution < -0.4 is 0 Å². The molecule has 15 heavy (non-hydrogen) atoms. The Morgan fingerprint density at radius 3 is 2.20 bits per heavy atom. The third kappa shape index (κ3) is 3.02. The van der Waals surface area contributed by atoms with Crippen LogP contribution >= 0.6 is 0 Å². The normalized spacial score (nSPS) is 19.6. The monoisotopic (exact) mass is 214 g/mol. The van der Waals surface area contributed by atoms with Gasteiger partial charge in [0.05, 0.1) is 7.11 Å². The van der Waals surface area contributed by atoms with Crippen molar-refractivity contribution >= 4 is 11.8 Å². The molecule has 0 N–H and O–H groups in total. The summed E-state index contributed by atoms with van der Waals surface area (Å²) in [6.07, 6.45) is 4.02. The summed E-state index contributed by atoms with van der Waals surface area (Å²) in [6.45, 7) is 0. The molecule has 86 valence electrons. The lowest BCUT2D eigenvalue weighted by molar-refractivity contribution is -0.159. The van der Waals surface area contributed by atoms with Gasteiger partial charge >= 0.3 is 5.97 Å². The van der Waals surface area contributed by atoms with Gasteiger partial charge in [-0.25, -0.2) is 4.79 Å². The van der Waals surface area contributed by atoms with Crippen molar-refractivity contribution in [3.05, 3.63) is 0 Å². The van der Waals surface area contributed by atoms with Crippen LogP contribution in [0.4, 0.5) is 0 Å². The number of carbonyl (C=O) groups excluding carboxylic acids is 2. The second-order valence-electron chi connectivity index (χ2n) is 3.88. The molecule has 0 aromatic rings. The van der Waals surface area contributed by atoms with Gasteiger partial charge in [-0.2, -0.15) is 0 Å². The smallest absolute Gasteiger partial charge is 0.342 e. The minimum absolute atomic E-state index is 0.0252. The molecular weight excluding hydrogens is 196 g/mol. The predicted molar refractivity (Wildman–Crippen MR) is 54.4 cm³/mol. The molecule has 1 atom stereocenters. The zero-order valence-electron chi connectivity index (χ0n) is 9.32. The Hall–Kier alpha value is -0.900. The second-order valence-corrected chi connectivity index (χ2v) is 3.88. The molecule has 0 amide bonds. The van der Waals surface area contributed by atoms with E-state index in [9.17, 15) is 9.59 Å². The summed E-state index contributed by atoms with van der Waals surface area (Å²) < 4.78 is 9.42. The second kappa shape index (κ2) is 5.85. The van der Waals surface area contributed by atoms with Crippen LogP contribution in [0.25, 0.3) is 0 Å². The summed E-state index contributed by atoms with van der Waals surface area (Å²) in [4.78, 5) is 23.2. The number of carbonyl (C=O) groups is 2. The van der Waals surface area contributed by atoms with Crippen molar-refractivity contribution < 1.29 is 19.1 Å². The van der Waals surface area contributed by atoms with Gasteiger partial charge in [0.15, 0.2) is 5.78 Å². The first-order valence-electron chi connectivity index (χ1n) is 5.35. The quantitative estimate of drug-likeness (QED) is 0.523. The first-order chi connectivity index (χ1) is 7.20. The Morgan fingerprint density at radius 2 is 1.73 bits per heavy atom. The molecule has 0 aliphatic heterocycles. The van der Waals surface area contributed by atoms with Gasteiger partial charge in [0.2, 0.25) is 6.10 Å². The van der Waals surface area contributed by atoms with Crippen molar-refractivity contribution in [1.29, 1.82) is 0 Å². The third-order valence-electron chi connectivity index (χ3n) is 2.92. The number of methoxy groups -OCH3 is 2. The van der Waals surface area contributed by atoms with E-state index in [4.69, 9.17) is 4.74 Å². The van der Waals surface area contributed by atoms with E-state index >= 15 is 0 Å². The van der Waals surface area contributed by atoms with Crippen LogP contribution in [0.5, 0.6) is 0 Å². The van der Waals surface area contributed by atoms with Crippen LogP contribution in [0.1, 0.15) is 32.1 Å². The molecule has 1 saturated carbocycles. The van der Waals surface area contributed by atoms with Gasteiger partial charge in [-0.3, -0.25) is 4.79 Å². The Balaban J connectivity index is 2.58. The van der Waals surface area contributed by atoms with Gasteiger partial charge < -0.3 is 9.47 Å². The fraction of sp³-hybridized carbons (Fsp3) is 0.818. The Kier molecular flexibility index (Phi) is 4.75. The number of hydrogen-bond acceptors (Lipinski definition) is 4. The zero-order chi connectivity index (χ0) is 11.3. The highest BCUT2D eigenvalue weighted by molar-refractivity contribution is 6.03. The fourth-order valence-electron chi connectivity index (χ4n) is 2.04. The van der Waals surface area contributed by atoms with Crippen LogP contribution in [0.3, 0.4) is 0 Å². The number of Topliss-reactive ketones (excluding diaryl/α,β-unsaturated/α-hetero) is 1. The molecule has 1 fully saturated rings. The van der Waals surface area contributed by atoms with E-state index in [1.165, 1.54) is 20.6 Å². The first-order valence-corrected chi connectivity index (χ1v) is 5.35. The topological polar surface area (TPSA) is 52.6 Å². The van der Waals surface area contributed by atoms with E-state index in [1.54, 1.807) is 0 Å². The van der Waals surface area contributed by atoms with Crippen molar-refractivity contribution in [2.24, 2.45) is 5.92 Å². The van der Waals surface area contributed by atoms with E-state index in [2.05, 4.69) is 4.74 Å². The lowest BCUT2D eigenvalue weighted by Gasteiger charge is -2.23. The standard InChI is InChI=1S/C11H18O4/c1-14-10(11(13)15-2)9(12)8-6-4-3-5-7-8/h8,10H,3-7H2,1-2H3. The van der Waals surface area contributed by atoms with Crippen molar-refractivity contribution in [3.8, 4) is 0 Å². The number of ether oxygens (including phenoxy) is 2. The summed E-state index contributed by atoms with van der Waals surface area (Å²) in [5.74, 6) is -0.736. The van der Waals surface area contributed by atoms with Crippen LogP contribution in [-0.4, -0.2) is 32.1 Å². The van der Waals surface area contributed by atoms with Crippen LogP contribution in [0.2, 0.25) is 0 Å². The molecule has 0 spiro atoms. The van der Waals surface area contributed by atoms with Gasteiger partial charge in [0.25, 0.3) is 0 Å². The number of esters is 1.